The van der Waals surface area contributed by atoms with Gasteiger partial charge < -0.3 is 19.7 Å². The number of hydrogen-bond donors (Lipinski definition) is 1. The number of halogens is 2. The van der Waals surface area contributed by atoms with E-state index in [-0.39, 0.29) is 29.7 Å². The molecule has 8 nitrogen and oxygen atoms in total. The third-order valence-electron chi connectivity index (χ3n) is 6.51. The Labute approximate surface area is 218 Å². The first-order valence-electron chi connectivity index (χ1n) is 12.2. The number of benzene rings is 2. The molecule has 194 valence electrons. The molecule has 0 unspecified atom stereocenters. The molecule has 2 aromatic carbocycles. The van der Waals surface area contributed by atoms with Gasteiger partial charge >= 0.3 is 0 Å². The summed E-state index contributed by atoms with van der Waals surface area (Å²) in [5.41, 5.74) is 2.36. The fourth-order valence-corrected chi connectivity index (χ4v) is 4.40. The molecule has 0 aliphatic carbocycles. The molecular formula is C28H26F2N6O2. The Bertz CT molecular complexity index is 1460. The lowest BCUT2D eigenvalue weighted by Crippen LogP contribution is -2.48. The van der Waals surface area contributed by atoms with E-state index in [1.165, 1.54) is 36.5 Å². The minimum atomic E-state index is -0.639. The second-order valence-corrected chi connectivity index (χ2v) is 9.12. The van der Waals surface area contributed by atoms with E-state index in [9.17, 15) is 18.4 Å². The normalized spacial score (nSPS) is 13.9. The number of pyridine rings is 1. The van der Waals surface area contributed by atoms with E-state index in [1.807, 2.05) is 11.9 Å². The highest BCUT2D eigenvalue weighted by Gasteiger charge is 2.23. The first kappa shape index (κ1) is 25.2. The maximum atomic E-state index is 14.1. The molecule has 5 rings (SSSR count). The van der Waals surface area contributed by atoms with Gasteiger partial charge in [0.15, 0.2) is 0 Å². The van der Waals surface area contributed by atoms with E-state index in [4.69, 9.17) is 0 Å². The van der Waals surface area contributed by atoms with Crippen LogP contribution in [0.2, 0.25) is 0 Å². The van der Waals surface area contributed by atoms with Crippen molar-refractivity contribution in [3.63, 3.8) is 0 Å². The van der Waals surface area contributed by atoms with Crippen LogP contribution < -0.4 is 5.32 Å². The molecule has 0 radical (unpaired) electrons. The second kappa shape index (κ2) is 10.9. The summed E-state index contributed by atoms with van der Waals surface area (Å²) in [6, 6.07) is 15.0. The molecule has 1 fully saturated rings. The zero-order valence-electron chi connectivity index (χ0n) is 20.8. The number of nitrogens with one attached hydrogen (secondary N) is 1. The molecule has 10 heteroatoms. The summed E-state index contributed by atoms with van der Waals surface area (Å²) in [4.78, 5) is 38.6. The van der Waals surface area contributed by atoms with Crippen molar-refractivity contribution < 1.29 is 18.4 Å². The first-order chi connectivity index (χ1) is 18.4. The minimum Gasteiger partial charge on any atom is -0.339 e. The van der Waals surface area contributed by atoms with Crippen molar-refractivity contribution in [1.29, 1.82) is 0 Å². The van der Waals surface area contributed by atoms with Gasteiger partial charge in [-0.15, -0.1) is 0 Å². The van der Waals surface area contributed by atoms with Crippen molar-refractivity contribution in [3.05, 3.63) is 90.4 Å². The Hall–Kier alpha value is -4.44. The lowest BCUT2D eigenvalue weighted by Gasteiger charge is -2.32. The zero-order valence-corrected chi connectivity index (χ0v) is 20.8. The summed E-state index contributed by atoms with van der Waals surface area (Å²) in [5, 5.41) is 2.64. The van der Waals surface area contributed by atoms with Crippen molar-refractivity contribution in [2.75, 3.05) is 38.5 Å². The van der Waals surface area contributed by atoms with Crippen LogP contribution in [0.15, 0.2) is 73.2 Å². The number of anilines is 1. The van der Waals surface area contributed by atoms with Gasteiger partial charge in [0, 0.05) is 43.5 Å². The highest BCUT2D eigenvalue weighted by molar-refractivity contribution is 6.04. The van der Waals surface area contributed by atoms with Crippen LogP contribution in [0.4, 0.5) is 14.6 Å². The summed E-state index contributed by atoms with van der Waals surface area (Å²) >= 11 is 0. The van der Waals surface area contributed by atoms with Crippen LogP contribution in [0.3, 0.4) is 0 Å². The maximum Gasteiger partial charge on any atom is 0.259 e. The molecule has 3 heterocycles. The van der Waals surface area contributed by atoms with Crippen LogP contribution in [-0.2, 0) is 11.3 Å². The van der Waals surface area contributed by atoms with Crippen LogP contribution >= 0.6 is 0 Å². The van der Waals surface area contributed by atoms with Gasteiger partial charge in [0.2, 0.25) is 5.91 Å². The van der Waals surface area contributed by atoms with Crippen LogP contribution in [0, 0.1) is 11.6 Å². The van der Waals surface area contributed by atoms with E-state index in [2.05, 4.69) is 20.2 Å². The zero-order chi connectivity index (χ0) is 26.6. The molecule has 2 aromatic heterocycles. The predicted molar refractivity (Wildman–Crippen MR) is 139 cm³/mol. The molecule has 0 atom stereocenters. The van der Waals surface area contributed by atoms with Crippen LogP contribution in [0.25, 0.3) is 22.5 Å². The average Bonchev–Trinajstić information content (AvgIpc) is 3.33. The Morgan fingerprint density at radius 3 is 2.39 bits per heavy atom. The van der Waals surface area contributed by atoms with Crippen molar-refractivity contribution in [3.8, 4) is 22.5 Å². The average molecular weight is 517 g/mol. The number of hydrogen-bond acceptors (Lipinski definition) is 5. The minimum absolute atomic E-state index is 0.0375. The topological polar surface area (TPSA) is 83.4 Å². The summed E-state index contributed by atoms with van der Waals surface area (Å²) in [6.07, 6.45) is 3.10. The number of nitrogens with zero attached hydrogens (tertiary/aromatic N) is 5. The largest absolute Gasteiger partial charge is 0.339 e. The van der Waals surface area contributed by atoms with E-state index in [1.54, 1.807) is 41.2 Å². The summed E-state index contributed by atoms with van der Waals surface area (Å²) < 4.78 is 29.5. The van der Waals surface area contributed by atoms with E-state index < -0.39 is 11.7 Å². The van der Waals surface area contributed by atoms with Gasteiger partial charge in [-0.1, -0.05) is 12.1 Å². The predicted octanol–water partition coefficient (Wildman–Crippen LogP) is 3.92. The van der Waals surface area contributed by atoms with Gasteiger partial charge in [-0.25, -0.2) is 18.7 Å². The van der Waals surface area contributed by atoms with Crippen molar-refractivity contribution in [2.24, 2.45) is 0 Å². The molecule has 1 N–H and O–H groups in total. The molecule has 1 saturated heterocycles. The molecule has 1 aliphatic heterocycles. The quantitative estimate of drug-likeness (QED) is 0.420. The van der Waals surface area contributed by atoms with Crippen LogP contribution in [0.5, 0.6) is 0 Å². The summed E-state index contributed by atoms with van der Waals surface area (Å²) in [7, 11) is 2.02. The van der Waals surface area contributed by atoms with Gasteiger partial charge in [0.1, 0.15) is 24.0 Å². The standard InChI is InChI=1S/C28H26F2N6O2/c1-34-12-14-35(15-13-34)25(37)17-36-18-32-26(19-6-8-21(29)9-7-19)27(36)20-10-11-31-24(16-20)33-28(38)22-4-2-3-5-23(22)30/h2-11,16,18H,12-15,17H2,1H3,(H,31,33,38). The van der Waals surface area contributed by atoms with Crippen molar-refractivity contribution >= 4 is 17.6 Å². The number of rotatable bonds is 6. The number of imidazole rings is 1. The smallest absolute Gasteiger partial charge is 0.259 e. The molecular weight excluding hydrogens is 490 g/mol. The lowest BCUT2D eigenvalue weighted by atomic mass is 10.1. The molecule has 0 saturated carbocycles. The number of likely N-dealkylation sites (N-methyl/N-ethyl adjacent to an activating group) is 1. The summed E-state index contributed by atoms with van der Waals surface area (Å²) in [5.74, 6) is -1.48. The molecule has 4 aromatic rings. The number of carbonyl (C=O) groups is 2. The van der Waals surface area contributed by atoms with Crippen LogP contribution in [-0.4, -0.2) is 69.4 Å². The number of piperazine rings is 1. The van der Waals surface area contributed by atoms with Crippen molar-refractivity contribution in [2.45, 2.75) is 6.54 Å². The fourth-order valence-electron chi connectivity index (χ4n) is 4.40. The van der Waals surface area contributed by atoms with Crippen molar-refractivity contribution in [1.82, 2.24) is 24.3 Å². The Balaban J connectivity index is 1.48. The Morgan fingerprint density at radius 2 is 1.66 bits per heavy atom. The molecule has 1 aliphatic rings. The monoisotopic (exact) mass is 516 g/mol. The van der Waals surface area contributed by atoms with Crippen LogP contribution in [0.1, 0.15) is 10.4 Å². The lowest BCUT2D eigenvalue weighted by molar-refractivity contribution is -0.133. The van der Waals surface area contributed by atoms with Gasteiger partial charge in [0.25, 0.3) is 5.91 Å². The Morgan fingerprint density at radius 1 is 0.921 bits per heavy atom. The number of carbonyl (C=O) groups excluding carboxylic acids is 2. The summed E-state index contributed by atoms with van der Waals surface area (Å²) in [6.45, 7) is 2.96. The van der Waals surface area contributed by atoms with E-state index in [0.29, 0.717) is 35.6 Å². The van der Waals surface area contributed by atoms with Gasteiger partial charge in [-0.2, -0.15) is 0 Å². The Kier molecular flexibility index (Phi) is 7.23. The molecule has 0 spiro atoms. The molecule has 2 amide bonds. The maximum absolute atomic E-state index is 14.1. The van der Waals surface area contributed by atoms with E-state index in [0.717, 1.165) is 13.1 Å². The van der Waals surface area contributed by atoms with Gasteiger partial charge in [-0.05, 0) is 55.6 Å². The third-order valence-corrected chi connectivity index (χ3v) is 6.51. The first-order valence-corrected chi connectivity index (χ1v) is 12.2. The van der Waals surface area contributed by atoms with Gasteiger partial charge in [0.05, 0.1) is 23.3 Å². The number of amides is 2. The molecule has 0 bridgehead atoms. The second-order valence-electron chi connectivity index (χ2n) is 9.12. The van der Waals surface area contributed by atoms with Gasteiger partial charge in [-0.3, -0.25) is 9.59 Å². The fraction of sp³-hybridized carbons (Fsp3) is 0.214. The highest BCUT2D eigenvalue weighted by atomic mass is 19.1. The number of aromatic nitrogens is 3. The molecule has 38 heavy (non-hydrogen) atoms. The third kappa shape index (κ3) is 5.45. The van der Waals surface area contributed by atoms with E-state index >= 15 is 0 Å². The SMILES string of the molecule is CN1CCN(C(=O)Cn2cnc(-c3ccc(F)cc3)c2-c2ccnc(NC(=O)c3ccccc3F)c2)CC1. The highest BCUT2D eigenvalue weighted by Crippen LogP contribution is 2.32.